The molecule has 0 aliphatic carbocycles. The molecule has 1 aromatic rings. The van der Waals surface area contributed by atoms with Crippen molar-refractivity contribution in [1.82, 2.24) is 15.5 Å². The second kappa shape index (κ2) is 14.2. The molecule has 0 saturated carbocycles. The molecular weight excluding hydrogens is 368 g/mol. The van der Waals surface area contributed by atoms with E-state index in [0.717, 1.165) is 76.8 Å². The van der Waals surface area contributed by atoms with Gasteiger partial charge in [-0.1, -0.05) is 12.1 Å². The Morgan fingerprint density at radius 2 is 2.00 bits per heavy atom. The van der Waals surface area contributed by atoms with E-state index < -0.39 is 0 Å². The largest absolute Gasteiger partial charge is 0.494 e. The number of aliphatic imine (C=N–C) groups is 1. The highest BCUT2D eigenvalue weighted by Gasteiger charge is 2.14. The van der Waals surface area contributed by atoms with Crippen molar-refractivity contribution >= 4 is 5.96 Å². The molecule has 1 heterocycles. The van der Waals surface area contributed by atoms with E-state index in [1.54, 1.807) is 7.05 Å². The molecule has 7 nitrogen and oxygen atoms in total. The third-order valence-electron chi connectivity index (χ3n) is 4.71. The van der Waals surface area contributed by atoms with Crippen molar-refractivity contribution in [3.63, 3.8) is 0 Å². The predicted octanol–water partition coefficient (Wildman–Crippen LogP) is 2.27. The molecule has 1 fully saturated rings. The lowest BCUT2D eigenvalue weighted by Crippen LogP contribution is -2.37. The fourth-order valence-corrected chi connectivity index (χ4v) is 3.05. The van der Waals surface area contributed by atoms with Gasteiger partial charge in [0, 0.05) is 39.9 Å². The molecule has 0 spiro atoms. The second-order valence-corrected chi connectivity index (χ2v) is 7.57. The SMILES string of the molecule is CN=C(NCCCOCC1CCCO1)NCc1ccc(OCCCN(C)C)cc1. The fourth-order valence-electron chi connectivity index (χ4n) is 3.05. The highest BCUT2D eigenvalue weighted by atomic mass is 16.5. The molecule has 1 saturated heterocycles. The molecule has 164 valence electrons. The van der Waals surface area contributed by atoms with E-state index in [-0.39, 0.29) is 0 Å². The van der Waals surface area contributed by atoms with E-state index in [2.05, 4.69) is 46.8 Å². The van der Waals surface area contributed by atoms with Crippen LogP contribution in [0.2, 0.25) is 0 Å². The van der Waals surface area contributed by atoms with Crippen LogP contribution in [-0.2, 0) is 16.0 Å². The lowest BCUT2D eigenvalue weighted by Gasteiger charge is -2.13. The Labute approximate surface area is 175 Å². The summed E-state index contributed by atoms with van der Waals surface area (Å²) in [6.07, 6.45) is 4.54. The zero-order valence-corrected chi connectivity index (χ0v) is 18.3. The zero-order valence-electron chi connectivity index (χ0n) is 18.3. The average molecular weight is 407 g/mol. The molecule has 1 aliphatic rings. The first kappa shape index (κ1) is 23.4. The maximum absolute atomic E-state index is 5.77. The first-order valence-electron chi connectivity index (χ1n) is 10.7. The minimum absolute atomic E-state index is 0.298. The molecule has 2 rings (SSSR count). The van der Waals surface area contributed by atoms with Crippen LogP contribution >= 0.6 is 0 Å². The summed E-state index contributed by atoms with van der Waals surface area (Å²) in [6, 6.07) is 8.21. The van der Waals surface area contributed by atoms with Gasteiger partial charge < -0.3 is 29.7 Å². The molecule has 29 heavy (non-hydrogen) atoms. The summed E-state index contributed by atoms with van der Waals surface area (Å²) in [5.74, 6) is 1.71. The highest BCUT2D eigenvalue weighted by molar-refractivity contribution is 5.79. The Hall–Kier alpha value is -1.83. The molecule has 1 aliphatic heterocycles. The molecule has 0 aromatic heterocycles. The van der Waals surface area contributed by atoms with Gasteiger partial charge in [-0.15, -0.1) is 0 Å². The maximum Gasteiger partial charge on any atom is 0.191 e. The van der Waals surface area contributed by atoms with Crippen LogP contribution < -0.4 is 15.4 Å². The molecule has 1 aromatic carbocycles. The molecule has 2 N–H and O–H groups in total. The van der Waals surface area contributed by atoms with Crippen molar-refractivity contribution in [1.29, 1.82) is 0 Å². The number of hydrogen-bond donors (Lipinski definition) is 2. The van der Waals surface area contributed by atoms with Crippen LogP contribution in [0.3, 0.4) is 0 Å². The van der Waals surface area contributed by atoms with E-state index in [1.807, 2.05) is 12.1 Å². The van der Waals surface area contributed by atoms with Gasteiger partial charge in [0.1, 0.15) is 5.75 Å². The monoisotopic (exact) mass is 406 g/mol. The molecule has 1 atom stereocenters. The smallest absolute Gasteiger partial charge is 0.191 e. The fraction of sp³-hybridized carbons (Fsp3) is 0.682. The van der Waals surface area contributed by atoms with Crippen molar-refractivity contribution in [2.24, 2.45) is 4.99 Å². The average Bonchev–Trinajstić information content (AvgIpc) is 3.24. The lowest BCUT2D eigenvalue weighted by molar-refractivity contribution is 0.0168. The first-order valence-corrected chi connectivity index (χ1v) is 10.7. The van der Waals surface area contributed by atoms with Crippen LogP contribution in [0.1, 0.15) is 31.2 Å². The van der Waals surface area contributed by atoms with Crippen molar-refractivity contribution in [2.45, 2.75) is 38.3 Å². The van der Waals surface area contributed by atoms with Gasteiger partial charge in [0.15, 0.2) is 5.96 Å². The van der Waals surface area contributed by atoms with Gasteiger partial charge in [-0.05, 0) is 57.5 Å². The summed E-state index contributed by atoms with van der Waals surface area (Å²) < 4.78 is 17.0. The topological polar surface area (TPSA) is 67.4 Å². The number of nitrogens with one attached hydrogen (secondary N) is 2. The number of guanidine groups is 1. The zero-order chi connectivity index (χ0) is 20.7. The number of ether oxygens (including phenoxy) is 3. The van der Waals surface area contributed by atoms with Crippen molar-refractivity contribution < 1.29 is 14.2 Å². The van der Waals surface area contributed by atoms with Gasteiger partial charge in [0.05, 0.1) is 19.3 Å². The van der Waals surface area contributed by atoms with Gasteiger partial charge in [0.2, 0.25) is 0 Å². The van der Waals surface area contributed by atoms with Gasteiger partial charge in [-0.3, -0.25) is 4.99 Å². The van der Waals surface area contributed by atoms with Crippen LogP contribution in [0.5, 0.6) is 5.75 Å². The van der Waals surface area contributed by atoms with E-state index in [1.165, 1.54) is 5.56 Å². The number of rotatable bonds is 13. The Morgan fingerprint density at radius 1 is 1.17 bits per heavy atom. The van der Waals surface area contributed by atoms with E-state index >= 15 is 0 Å². The minimum atomic E-state index is 0.298. The van der Waals surface area contributed by atoms with E-state index in [9.17, 15) is 0 Å². The molecule has 0 radical (unpaired) electrons. The Bertz CT molecular complexity index is 572. The quantitative estimate of drug-likeness (QED) is 0.298. The summed E-state index contributed by atoms with van der Waals surface area (Å²) in [7, 11) is 5.93. The van der Waals surface area contributed by atoms with Crippen molar-refractivity contribution in [3.05, 3.63) is 29.8 Å². The maximum atomic E-state index is 5.77. The summed E-state index contributed by atoms with van der Waals surface area (Å²) in [4.78, 5) is 6.43. The number of nitrogens with zero attached hydrogens (tertiary/aromatic N) is 2. The van der Waals surface area contributed by atoms with Crippen molar-refractivity contribution in [3.8, 4) is 5.75 Å². The normalized spacial score (nSPS) is 17.0. The molecule has 1 unspecified atom stereocenters. The van der Waals surface area contributed by atoms with Crippen molar-refractivity contribution in [2.75, 3.05) is 60.7 Å². The predicted molar refractivity (Wildman–Crippen MR) is 118 cm³/mol. The Balaban J connectivity index is 1.54. The minimum Gasteiger partial charge on any atom is -0.494 e. The summed E-state index contributed by atoms with van der Waals surface area (Å²) in [5, 5.41) is 6.66. The third-order valence-corrected chi connectivity index (χ3v) is 4.71. The second-order valence-electron chi connectivity index (χ2n) is 7.57. The van der Waals surface area contributed by atoms with Crippen LogP contribution in [0.4, 0.5) is 0 Å². The molecular formula is C22H38N4O3. The number of hydrogen-bond acceptors (Lipinski definition) is 5. The van der Waals surface area contributed by atoms with Gasteiger partial charge >= 0.3 is 0 Å². The molecule has 0 bridgehead atoms. The third kappa shape index (κ3) is 10.5. The molecule has 0 amide bonds. The summed E-state index contributed by atoms with van der Waals surface area (Å²) >= 11 is 0. The van der Waals surface area contributed by atoms with Crippen LogP contribution in [0.15, 0.2) is 29.3 Å². The van der Waals surface area contributed by atoms with E-state index in [0.29, 0.717) is 12.7 Å². The summed E-state index contributed by atoms with van der Waals surface area (Å²) in [6.45, 7) is 5.65. The van der Waals surface area contributed by atoms with Crippen LogP contribution in [-0.4, -0.2) is 77.6 Å². The van der Waals surface area contributed by atoms with Gasteiger partial charge in [-0.2, -0.15) is 0 Å². The van der Waals surface area contributed by atoms with Crippen LogP contribution in [0.25, 0.3) is 0 Å². The molecule has 7 heteroatoms. The van der Waals surface area contributed by atoms with E-state index in [4.69, 9.17) is 14.2 Å². The Morgan fingerprint density at radius 3 is 2.69 bits per heavy atom. The first-order chi connectivity index (χ1) is 14.2. The van der Waals surface area contributed by atoms with Gasteiger partial charge in [0.25, 0.3) is 0 Å². The lowest BCUT2D eigenvalue weighted by atomic mass is 10.2. The number of benzene rings is 1. The summed E-state index contributed by atoms with van der Waals surface area (Å²) in [5.41, 5.74) is 1.19. The van der Waals surface area contributed by atoms with Gasteiger partial charge in [-0.25, -0.2) is 0 Å². The Kier molecular flexibility index (Phi) is 11.5. The van der Waals surface area contributed by atoms with Crippen LogP contribution in [0, 0.1) is 0 Å². The highest BCUT2D eigenvalue weighted by Crippen LogP contribution is 2.13. The standard InChI is InChI=1S/C22H38N4O3/c1-23-22(24-12-5-14-27-18-21-7-4-15-29-21)25-17-19-8-10-20(11-9-19)28-16-6-13-26(2)3/h8-11,21H,4-7,12-18H2,1-3H3,(H2,23,24,25).